The Balaban J connectivity index is 2.89. The van der Waals surface area contributed by atoms with E-state index < -0.39 is 4.87 Å². The average molecular weight is 188 g/mol. The minimum atomic E-state index is -0.979. The lowest BCUT2D eigenvalue weighted by Crippen LogP contribution is -2.40. The van der Waals surface area contributed by atoms with Crippen LogP contribution in [-0.4, -0.2) is 28.3 Å². The molecule has 68 valence electrons. The van der Waals surface area contributed by atoms with Crippen molar-refractivity contribution in [3.63, 3.8) is 0 Å². The standard InChI is InChI=1S/C7H12N2O2S/c1-3-7(12)5(10)9(4-2)6(11)8-7/h12H,3-4H2,1-2H3,(H,8,11). The van der Waals surface area contributed by atoms with E-state index in [0.717, 1.165) is 4.90 Å². The van der Waals surface area contributed by atoms with Gasteiger partial charge < -0.3 is 5.32 Å². The number of urea groups is 1. The zero-order chi connectivity index (χ0) is 9.35. The molecule has 5 heteroatoms. The Hall–Kier alpha value is -0.710. The molecule has 0 spiro atoms. The van der Waals surface area contributed by atoms with Gasteiger partial charge in [-0.2, -0.15) is 0 Å². The largest absolute Gasteiger partial charge is 0.325 e. The van der Waals surface area contributed by atoms with Crippen LogP contribution in [0.25, 0.3) is 0 Å². The highest BCUT2D eigenvalue weighted by atomic mass is 32.1. The first-order valence-electron chi connectivity index (χ1n) is 3.91. The molecule has 4 nitrogen and oxygen atoms in total. The van der Waals surface area contributed by atoms with E-state index in [1.165, 1.54) is 0 Å². The maximum Gasteiger partial charge on any atom is 0.325 e. The van der Waals surface area contributed by atoms with E-state index in [1.807, 2.05) is 6.92 Å². The van der Waals surface area contributed by atoms with Gasteiger partial charge in [0.1, 0.15) is 0 Å². The number of hydrogen-bond acceptors (Lipinski definition) is 3. The number of imide groups is 1. The van der Waals surface area contributed by atoms with Crippen molar-refractivity contribution in [2.75, 3.05) is 6.54 Å². The monoisotopic (exact) mass is 188 g/mol. The van der Waals surface area contributed by atoms with Gasteiger partial charge in [0.2, 0.25) is 0 Å². The Kier molecular flexibility index (Phi) is 2.32. The number of carbonyl (C=O) groups excluding carboxylic acids is 2. The topological polar surface area (TPSA) is 49.4 Å². The summed E-state index contributed by atoms with van der Waals surface area (Å²) in [6.45, 7) is 3.96. The van der Waals surface area contributed by atoms with E-state index in [1.54, 1.807) is 6.92 Å². The van der Waals surface area contributed by atoms with Gasteiger partial charge >= 0.3 is 6.03 Å². The van der Waals surface area contributed by atoms with Gasteiger partial charge in [0.05, 0.1) is 0 Å². The maximum atomic E-state index is 11.5. The highest BCUT2D eigenvalue weighted by Gasteiger charge is 2.46. The summed E-state index contributed by atoms with van der Waals surface area (Å²) in [5.74, 6) is -0.249. The van der Waals surface area contributed by atoms with Crippen LogP contribution >= 0.6 is 12.6 Å². The molecule has 1 saturated heterocycles. The van der Waals surface area contributed by atoms with E-state index in [-0.39, 0.29) is 11.9 Å². The number of hydrogen-bond donors (Lipinski definition) is 2. The molecule has 1 rings (SSSR count). The van der Waals surface area contributed by atoms with Crippen molar-refractivity contribution in [2.24, 2.45) is 0 Å². The van der Waals surface area contributed by atoms with Gasteiger partial charge in [-0.1, -0.05) is 6.92 Å². The van der Waals surface area contributed by atoms with Crippen molar-refractivity contribution < 1.29 is 9.59 Å². The zero-order valence-corrected chi connectivity index (χ0v) is 8.02. The van der Waals surface area contributed by atoms with Crippen molar-refractivity contribution in [2.45, 2.75) is 25.1 Å². The Bertz CT molecular complexity index is 231. The van der Waals surface area contributed by atoms with Crippen LogP contribution in [0.1, 0.15) is 20.3 Å². The van der Waals surface area contributed by atoms with Crippen molar-refractivity contribution >= 4 is 24.6 Å². The molecule has 1 aliphatic heterocycles. The smallest absolute Gasteiger partial charge is 0.315 e. The van der Waals surface area contributed by atoms with Crippen LogP contribution in [0.2, 0.25) is 0 Å². The maximum absolute atomic E-state index is 11.5. The van der Waals surface area contributed by atoms with Gasteiger partial charge in [-0.3, -0.25) is 9.69 Å². The first-order chi connectivity index (χ1) is 5.55. The predicted molar refractivity (Wildman–Crippen MR) is 47.9 cm³/mol. The lowest BCUT2D eigenvalue weighted by molar-refractivity contribution is -0.128. The summed E-state index contributed by atoms with van der Waals surface area (Å²) in [5, 5.41) is 2.53. The third kappa shape index (κ3) is 1.18. The number of thiol groups is 1. The highest BCUT2D eigenvalue weighted by molar-refractivity contribution is 7.82. The first-order valence-corrected chi connectivity index (χ1v) is 4.36. The second kappa shape index (κ2) is 2.97. The quantitative estimate of drug-likeness (QED) is 0.492. The third-order valence-electron chi connectivity index (χ3n) is 1.99. The fourth-order valence-corrected chi connectivity index (χ4v) is 1.36. The molecule has 0 aromatic rings. The van der Waals surface area contributed by atoms with E-state index in [0.29, 0.717) is 13.0 Å². The molecule has 1 atom stereocenters. The summed E-state index contributed by atoms with van der Waals surface area (Å²) in [6, 6.07) is -0.348. The van der Waals surface area contributed by atoms with E-state index >= 15 is 0 Å². The molecule has 0 saturated carbocycles. The molecule has 1 heterocycles. The Labute approximate surface area is 76.7 Å². The van der Waals surface area contributed by atoms with Crippen LogP contribution in [0.4, 0.5) is 4.79 Å². The van der Waals surface area contributed by atoms with Crippen LogP contribution in [0.15, 0.2) is 0 Å². The summed E-state index contributed by atoms with van der Waals surface area (Å²) in [4.78, 5) is 22.8. The predicted octanol–water partition coefficient (Wildman–Crippen LogP) is 0.594. The fourth-order valence-electron chi connectivity index (χ4n) is 1.14. The number of nitrogens with zero attached hydrogens (tertiary/aromatic N) is 1. The minimum Gasteiger partial charge on any atom is -0.315 e. The van der Waals surface area contributed by atoms with Gasteiger partial charge in [0.15, 0.2) is 4.87 Å². The van der Waals surface area contributed by atoms with E-state index in [9.17, 15) is 9.59 Å². The summed E-state index contributed by atoms with van der Waals surface area (Å²) in [7, 11) is 0. The van der Waals surface area contributed by atoms with Gasteiger partial charge in [-0.25, -0.2) is 4.79 Å². The minimum absolute atomic E-state index is 0.249. The van der Waals surface area contributed by atoms with Gasteiger partial charge in [-0.15, -0.1) is 12.6 Å². The van der Waals surface area contributed by atoms with E-state index in [2.05, 4.69) is 17.9 Å². The van der Waals surface area contributed by atoms with Crippen LogP contribution in [-0.2, 0) is 4.79 Å². The number of carbonyl (C=O) groups is 2. The second-order valence-electron chi connectivity index (χ2n) is 2.69. The van der Waals surface area contributed by atoms with Gasteiger partial charge in [-0.05, 0) is 13.3 Å². The molecule has 1 aliphatic rings. The SMILES string of the molecule is CCN1C(=O)NC(S)(CC)C1=O. The molecule has 0 bridgehead atoms. The Morgan fingerprint density at radius 1 is 1.50 bits per heavy atom. The first kappa shape index (κ1) is 9.38. The molecule has 0 aromatic carbocycles. The third-order valence-corrected chi connectivity index (χ3v) is 2.61. The van der Waals surface area contributed by atoms with Crippen molar-refractivity contribution in [1.82, 2.24) is 10.2 Å². The molecule has 1 unspecified atom stereocenters. The number of nitrogens with one attached hydrogen (secondary N) is 1. The second-order valence-corrected chi connectivity index (χ2v) is 3.46. The fraction of sp³-hybridized carbons (Fsp3) is 0.714. The van der Waals surface area contributed by atoms with E-state index in [4.69, 9.17) is 0 Å². The average Bonchev–Trinajstić information content (AvgIpc) is 2.25. The molecular weight excluding hydrogens is 176 g/mol. The Morgan fingerprint density at radius 2 is 2.08 bits per heavy atom. The lowest BCUT2D eigenvalue weighted by Gasteiger charge is -2.17. The van der Waals surface area contributed by atoms with Gasteiger partial charge in [0.25, 0.3) is 5.91 Å². The number of amides is 3. The highest BCUT2D eigenvalue weighted by Crippen LogP contribution is 2.24. The molecule has 0 aliphatic carbocycles. The summed E-state index contributed by atoms with van der Waals surface area (Å²) >= 11 is 4.13. The van der Waals surface area contributed by atoms with Crippen LogP contribution in [0.3, 0.4) is 0 Å². The van der Waals surface area contributed by atoms with Crippen LogP contribution < -0.4 is 5.32 Å². The molecule has 1 fully saturated rings. The van der Waals surface area contributed by atoms with Crippen LogP contribution in [0.5, 0.6) is 0 Å². The summed E-state index contributed by atoms with van der Waals surface area (Å²) < 4.78 is 0. The normalized spacial score (nSPS) is 29.4. The molecule has 12 heavy (non-hydrogen) atoms. The molecule has 1 N–H and O–H groups in total. The van der Waals surface area contributed by atoms with Gasteiger partial charge in [0, 0.05) is 6.54 Å². The summed E-state index contributed by atoms with van der Waals surface area (Å²) in [5.41, 5.74) is 0. The molecule has 0 radical (unpaired) electrons. The molecular formula is C7H12N2O2S. The number of likely N-dealkylation sites (N-methyl/N-ethyl adjacent to an activating group) is 1. The lowest BCUT2D eigenvalue weighted by atomic mass is 10.2. The van der Waals surface area contributed by atoms with Crippen molar-refractivity contribution in [3.05, 3.63) is 0 Å². The van der Waals surface area contributed by atoms with Crippen molar-refractivity contribution in [3.8, 4) is 0 Å². The summed E-state index contributed by atoms with van der Waals surface area (Å²) in [6.07, 6.45) is 0.497. The van der Waals surface area contributed by atoms with Crippen LogP contribution in [0, 0.1) is 0 Å². The Morgan fingerprint density at radius 3 is 2.33 bits per heavy atom. The molecule has 3 amide bonds. The molecule has 0 aromatic heterocycles. The zero-order valence-electron chi connectivity index (χ0n) is 7.13. The van der Waals surface area contributed by atoms with Crippen molar-refractivity contribution in [1.29, 1.82) is 0 Å². The number of rotatable bonds is 2.